The number of hydrogen-bond donors (Lipinski definition) is 0. The first-order valence-corrected chi connectivity index (χ1v) is 4.41. The lowest BCUT2D eigenvalue weighted by Crippen LogP contribution is -2.11. The van der Waals surface area contributed by atoms with Crippen molar-refractivity contribution in [2.24, 2.45) is 0 Å². The van der Waals surface area contributed by atoms with E-state index in [1.165, 1.54) is 19.2 Å². The van der Waals surface area contributed by atoms with Crippen LogP contribution in [0.15, 0.2) is 18.2 Å². The normalized spacial score (nSPS) is 9.47. The van der Waals surface area contributed by atoms with Crippen LogP contribution in [0.1, 0.15) is 27.9 Å². The molecule has 0 saturated heterocycles. The molecule has 1 aromatic heterocycles. The highest BCUT2D eigenvalue weighted by molar-refractivity contribution is 5.91. The van der Waals surface area contributed by atoms with Crippen molar-refractivity contribution in [3.05, 3.63) is 29.6 Å². The molecule has 1 aromatic rings. The Balaban J connectivity index is 2.92. The SMILES string of the molecule is CCOC(=O)c1cccc(C(=O)OC)n1. The van der Waals surface area contributed by atoms with Crippen molar-refractivity contribution in [3.8, 4) is 0 Å². The maximum atomic E-state index is 11.3. The maximum Gasteiger partial charge on any atom is 0.356 e. The molecule has 5 nitrogen and oxygen atoms in total. The van der Waals surface area contributed by atoms with Gasteiger partial charge in [-0.2, -0.15) is 0 Å². The number of rotatable bonds is 3. The summed E-state index contributed by atoms with van der Waals surface area (Å²) in [4.78, 5) is 26.2. The summed E-state index contributed by atoms with van der Waals surface area (Å²) in [7, 11) is 1.25. The van der Waals surface area contributed by atoms with E-state index in [2.05, 4.69) is 9.72 Å². The summed E-state index contributed by atoms with van der Waals surface area (Å²) in [5, 5.41) is 0. The molecule has 0 saturated carbocycles. The second kappa shape index (κ2) is 5.09. The van der Waals surface area contributed by atoms with Crippen LogP contribution in [0.3, 0.4) is 0 Å². The smallest absolute Gasteiger partial charge is 0.356 e. The number of methoxy groups -OCH3 is 1. The third-order valence-corrected chi connectivity index (χ3v) is 1.63. The molecule has 0 N–H and O–H groups in total. The Hall–Kier alpha value is -1.91. The van der Waals surface area contributed by atoms with Crippen LogP contribution >= 0.6 is 0 Å². The first-order chi connectivity index (χ1) is 7.19. The zero-order valence-electron chi connectivity index (χ0n) is 8.52. The molecule has 5 heteroatoms. The quantitative estimate of drug-likeness (QED) is 0.696. The number of hydrogen-bond acceptors (Lipinski definition) is 5. The summed E-state index contributed by atoms with van der Waals surface area (Å²) < 4.78 is 9.22. The summed E-state index contributed by atoms with van der Waals surface area (Å²) in [6.07, 6.45) is 0. The molecular formula is C10H11NO4. The predicted molar refractivity (Wildman–Crippen MR) is 51.5 cm³/mol. The Bertz CT molecular complexity index is 375. The Morgan fingerprint density at radius 1 is 1.27 bits per heavy atom. The second-order valence-electron chi connectivity index (χ2n) is 2.62. The van der Waals surface area contributed by atoms with Gasteiger partial charge in [-0.1, -0.05) is 6.07 Å². The minimum Gasteiger partial charge on any atom is -0.464 e. The fraction of sp³-hybridized carbons (Fsp3) is 0.300. The fourth-order valence-electron chi connectivity index (χ4n) is 0.972. The Morgan fingerprint density at radius 2 is 1.87 bits per heavy atom. The molecule has 0 amide bonds. The molecule has 0 spiro atoms. The summed E-state index contributed by atoms with van der Waals surface area (Å²) >= 11 is 0. The van der Waals surface area contributed by atoms with Gasteiger partial charge in [0.2, 0.25) is 0 Å². The van der Waals surface area contributed by atoms with Crippen molar-refractivity contribution in [2.75, 3.05) is 13.7 Å². The topological polar surface area (TPSA) is 65.5 Å². The predicted octanol–water partition coefficient (Wildman–Crippen LogP) is 1.04. The molecule has 80 valence electrons. The van der Waals surface area contributed by atoms with Gasteiger partial charge in [0.1, 0.15) is 11.4 Å². The van der Waals surface area contributed by atoms with Crippen molar-refractivity contribution in [1.29, 1.82) is 0 Å². The van der Waals surface area contributed by atoms with Crippen LogP contribution < -0.4 is 0 Å². The average molecular weight is 209 g/mol. The van der Waals surface area contributed by atoms with E-state index >= 15 is 0 Å². The van der Waals surface area contributed by atoms with E-state index in [4.69, 9.17) is 4.74 Å². The molecule has 0 aliphatic heterocycles. The van der Waals surface area contributed by atoms with Gasteiger partial charge in [-0.25, -0.2) is 14.6 Å². The lowest BCUT2D eigenvalue weighted by Gasteiger charge is -2.02. The van der Waals surface area contributed by atoms with Crippen LogP contribution in [0.5, 0.6) is 0 Å². The summed E-state index contributed by atoms with van der Waals surface area (Å²) in [6, 6.07) is 4.49. The zero-order chi connectivity index (χ0) is 11.3. The van der Waals surface area contributed by atoms with E-state index in [0.29, 0.717) is 0 Å². The number of aromatic nitrogens is 1. The monoisotopic (exact) mass is 209 g/mol. The van der Waals surface area contributed by atoms with Gasteiger partial charge in [0.05, 0.1) is 13.7 Å². The Labute approximate surface area is 87.0 Å². The van der Waals surface area contributed by atoms with Crippen molar-refractivity contribution in [3.63, 3.8) is 0 Å². The third kappa shape index (κ3) is 2.77. The number of carbonyl (C=O) groups excluding carboxylic acids is 2. The van der Waals surface area contributed by atoms with Crippen LogP contribution in [0.2, 0.25) is 0 Å². The van der Waals surface area contributed by atoms with Crippen LogP contribution in [-0.4, -0.2) is 30.6 Å². The Kier molecular flexibility index (Phi) is 3.79. The number of ether oxygens (including phenoxy) is 2. The average Bonchev–Trinajstić information content (AvgIpc) is 2.28. The van der Waals surface area contributed by atoms with Gasteiger partial charge >= 0.3 is 11.9 Å². The molecule has 15 heavy (non-hydrogen) atoms. The maximum absolute atomic E-state index is 11.3. The molecule has 0 atom stereocenters. The van der Waals surface area contributed by atoms with Gasteiger partial charge in [-0.3, -0.25) is 0 Å². The molecule has 0 aromatic carbocycles. The van der Waals surface area contributed by atoms with E-state index in [-0.39, 0.29) is 18.0 Å². The van der Waals surface area contributed by atoms with Gasteiger partial charge in [0.15, 0.2) is 0 Å². The fourth-order valence-corrected chi connectivity index (χ4v) is 0.972. The van der Waals surface area contributed by atoms with Crippen molar-refractivity contribution in [2.45, 2.75) is 6.92 Å². The number of nitrogens with zero attached hydrogens (tertiary/aromatic N) is 1. The summed E-state index contributed by atoms with van der Waals surface area (Å²) in [6.45, 7) is 1.96. The van der Waals surface area contributed by atoms with Gasteiger partial charge in [-0.15, -0.1) is 0 Å². The lowest BCUT2D eigenvalue weighted by atomic mass is 10.3. The lowest BCUT2D eigenvalue weighted by molar-refractivity contribution is 0.0518. The third-order valence-electron chi connectivity index (χ3n) is 1.63. The molecule has 0 radical (unpaired) electrons. The second-order valence-corrected chi connectivity index (χ2v) is 2.62. The van der Waals surface area contributed by atoms with E-state index in [1.54, 1.807) is 13.0 Å². The van der Waals surface area contributed by atoms with Gasteiger partial charge in [0.25, 0.3) is 0 Å². The molecule has 0 fully saturated rings. The summed E-state index contributed by atoms with van der Waals surface area (Å²) in [5.41, 5.74) is 0.183. The van der Waals surface area contributed by atoms with E-state index in [9.17, 15) is 9.59 Å². The van der Waals surface area contributed by atoms with Crippen LogP contribution in [0, 0.1) is 0 Å². The minimum absolute atomic E-state index is 0.0862. The summed E-state index contributed by atoms with van der Waals surface area (Å²) in [5.74, 6) is -1.13. The molecule has 1 rings (SSSR count). The number of esters is 2. The largest absolute Gasteiger partial charge is 0.464 e. The zero-order valence-corrected chi connectivity index (χ0v) is 8.52. The van der Waals surface area contributed by atoms with E-state index in [0.717, 1.165) is 0 Å². The van der Waals surface area contributed by atoms with Crippen LogP contribution in [-0.2, 0) is 9.47 Å². The minimum atomic E-state index is -0.582. The van der Waals surface area contributed by atoms with E-state index in [1.807, 2.05) is 0 Å². The van der Waals surface area contributed by atoms with Gasteiger partial charge in [-0.05, 0) is 19.1 Å². The Morgan fingerprint density at radius 3 is 2.40 bits per heavy atom. The van der Waals surface area contributed by atoms with Crippen molar-refractivity contribution >= 4 is 11.9 Å². The number of carbonyl (C=O) groups is 2. The first-order valence-electron chi connectivity index (χ1n) is 4.41. The highest BCUT2D eigenvalue weighted by Crippen LogP contribution is 2.02. The first kappa shape index (κ1) is 11.2. The molecule has 1 heterocycles. The molecular weight excluding hydrogens is 198 g/mol. The van der Waals surface area contributed by atoms with E-state index < -0.39 is 11.9 Å². The van der Waals surface area contributed by atoms with Gasteiger partial charge < -0.3 is 9.47 Å². The van der Waals surface area contributed by atoms with Crippen molar-refractivity contribution < 1.29 is 19.1 Å². The highest BCUT2D eigenvalue weighted by Gasteiger charge is 2.12. The highest BCUT2D eigenvalue weighted by atomic mass is 16.5. The molecule has 0 aliphatic rings. The molecule has 0 bridgehead atoms. The van der Waals surface area contributed by atoms with Gasteiger partial charge in [0, 0.05) is 0 Å². The van der Waals surface area contributed by atoms with Crippen molar-refractivity contribution in [1.82, 2.24) is 4.98 Å². The molecule has 0 aliphatic carbocycles. The standard InChI is InChI=1S/C10H11NO4/c1-3-15-10(13)8-6-4-5-7(11-8)9(12)14-2/h4-6H,3H2,1-2H3. The number of pyridine rings is 1. The molecule has 0 unspecified atom stereocenters. The van der Waals surface area contributed by atoms with Crippen LogP contribution in [0.25, 0.3) is 0 Å². The van der Waals surface area contributed by atoms with Crippen LogP contribution in [0.4, 0.5) is 0 Å².